The molecule has 0 fully saturated rings. The first-order chi connectivity index (χ1) is 8.87. The summed E-state index contributed by atoms with van der Waals surface area (Å²) >= 11 is 3.35. The van der Waals surface area contributed by atoms with Crippen molar-refractivity contribution in [2.75, 3.05) is 0 Å². The number of ether oxygens (including phenoxy) is 1. The molecule has 0 aliphatic carbocycles. The number of nitrogens with one attached hydrogen (secondary N) is 1. The van der Waals surface area contributed by atoms with Gasteiger partial charge in [0.15, 0.2) is 0 Å². The van der Waals surface area contributed by atoms with Crippen molar-refractivity contribution in [2.24, 2.45) is 5.10 Å². The lowest BCUT2D eigenvalue weighted by Crippen LogP contribution is -2.29. The summed E-state index contributed by atoms with van der Waals surface area (Å²) in [6.07, 6.45) is 2.81. The normalized spacial score (nSPS) is 12.5. The Bertz CT molecular complexity index is 476. The van der Waals surface area contributed by atoms with E-state index in [0.717, 1.165) is 10.0 Å². The van der Waals surface area contributed by atoms with E-state index in [1.165, 1.54) is 6.21 Å². The van der Waals surface area contributed by atoms with Crippen LogP contribution in [0.15, 0.2) is 39.9 Å². The predicted molar refractivity (Wildman–Crippen MR) is 81.2 cm³/mol. The van der Waals surface area contributed by atoms with E-state index in [1.807, 2.05) is 36.4 Å². The van der Waals surface area contributed by atoms with E-state index >= 15 is 0 Å². The Morgan fingerprint density at radius 1 is 1.32 bits per heavy atom. The predicted octanol–water partition coefficient (Wildman–Crippen LogP) is 3.93. The molecule has 4 nitrogen and oxygen atoms in total. The second-order valence-corrected chi connectivity index (χ2v) is 5.73. The first-order valence-electron chi connectivity index (χ1n) is 5.81. The van der Waals surface area contributed by atoms with Gasteiger partial charge in [-0.1, -0.05) is 30.3 Å². The fraction of sp³-hybridized carbons (Fsp3) is 0.286. The molecule has 0 radical (unpaired) electrons. The molecule has 1 amide bonds. The zero-order chi connectivity index (χ0) is 14.3. The first-order valence-corrected chi connectivity index (χ1v) is 6.60. The van der Waals surface area contributed by atoms with Gasteiger partial charge in [0.2, 0.25) is 0 Å². The number of carbonyl (C=O) groups is 1. The molecule has 0 spiro atoms. The van der Waals surface area contributed by atoms with E-state index in [2.05, 4.69) is 26.5 Å². The first kappa shape index (κ1) is 15.4. The van der Waals surface area contributed by atoms with Crippen molar-refractivity contribution in [3.63, 3.8) is 0 Å². The van der Waals surface area contributed by atoms with Crippen LogP contribution >= 0.6 is 15.9 Å². The lowest BCUT2D eigenvalue weighted by Gasteiger charge is -2.18. The number of benzene rings is 1. The van der Waals surface area contributed by atoms with Gasteiger partial charge >= 0.3 is 6.09 Å². The number of hydrogen-bond acceptors (Lipinski definition) is 3. The number of allylic oxidation sites excluding steroid dienone is 1. The number of hydrogen-bond donors (Lipinski definition) is 1. The standard InChI is InChI=1S/C14H17BrN2O2/c1-14(2,3)19-13(18)17-16-10-12(15)9-11-7-5-4-6-8-11/h4-10H,1-3H3,(H,17,18)/b12-9-,16-10+. The zero-order valence-electron chi connectivity index (χ0n) is 11.2. The molecule has 0 saturated heterocycles. The van der Waals surface area contributed by atoms with Crippen molar-refractivity contribution in [1.82, 2.24) is 5.43 Å². The molecule has 102 valence electrons. The van der Waals surface area contributed by atoms with E-state index in [4.69, 9.17) is 4.74 Å². The molecule has 1 aromatic rings. The quantitative estimate of drug-likeness (QED) is 0.676. The van der Waals surface area contributed by atoms with Gasteiger partial charge in [0.1, 0.15) is 5.60 Å². The molecule has 1 rings (SSSR count). The second-order valence-electron chi connectivity index (χ2n) is 4.81. The fourth-order valence-electron chi connectivity index (χ4n) is 1.19. The minimum absolute atomic E-state index is 0.531. The third kappa shape index (κ3) is 7.41. The van der Waals surface area contributed by atoms with Crippen molar-refractivity contribution >= 4 is 34.3 Å². The molecule has 0 saturated carbocycles. The van der Waals surface area contributed by atoms with E-state index < -0.39 is 11.7 Å². The topological polar surface area (TPSA) is 50.7 Å². The van der Waals surface area contributed by atoms with Crippen LogP contribution < -0.4 is 5.43 Å². The maximum Gasteiger partial charge on any atom is 0.428 e. The number of rotatable bonds is 3. The highest BCUT2D eigenvalue weighted by molar-refractivity contribution is 9.12. The fourth-order valence-corrected chi connectivity index (χ4v) is 1.56. The van der Waals surface area contributed by atoms with Crippen LogP contribution in [0.4, 0.5) is 4.79 Å². The Kier molecular flexibility index (Phi) is 5.76. The smallest absolute Gasteiger partial charge is 0.428 e. The van der Waals surface area contributed by atoms with Gasteiger partial charge in [-0.05, 0) is 48.3 Å². The molecule has 1 N–H and O–H groups in total. The summed E-state index contributed by atoms with van der Waals surface area (Å²) in [5, 5.41) is 3.79. The lowest BCUT2D eigenvalue weighted by molar-refractivity contribution is 0.0529. The highest BCUT2D eigenvalue weighted by Crippen LogP contribution is 2.10. The van der Waals surface area contributed by atoms with Crippen LogP contribution in [-0.2, 0) is 4.74 Å². The summed E-state index contributed by atoms with van der Waals surface area (Å²) in [5.74, 6) is 0. The Labute approximate surface area is 121 Å². The molecular formula is C14H17BrN2O2. The van der Waals surface area contributed by atoms with Crippen LogP contribution in [0.25, 0.3) is 6.08 Å². The maximum atomic E-state index is 11.3. The van der Waals surface area contributed by atoms with Gasteiger partial charge in [-0.25, -0.2) is 10.2 Å². The molecule has 19 heavy (non-hydrogen) atoms. The summed E-state index contributed by atoms with van der Waals surface area (Å²) in [6, 6.07) is 9.78. The Morgan fingerprint density at radius 2 is 1.95 bits per heavy atom. The van der Waals surface area contributed by atoms with Crippen molar-refractivity contribution in [3.8, 4) is 0 Å². The van der Waals surface area contributed by atoms with Crippen LogP contribution in [0.5, 0.6) is 0 Å². The summed E-state index contributed by atoms with van der Waals surface area (Å²) in [4.78, 5) is 11.3. The number of amides is 1. The van der Waals surface area contributed by atoms with Crippen molar-refractivity contribution in [2.45, 2.75) is 26.4 Å². The van der Waals surface area contributed by atoms with Crippen LogP contribution in [0, 0.1) is 0 Å². The van der Waals surface area contributed by atoms with E-state index in [1.54, 1.807) is 20.8 Å². The van der Waals surface area contributed by atoms with Gasteiger partial charge in [-0.15, -0.1) is 0 Å². The van der Waals surface area contributed by atoms with Crippen LogP contribution in [0.2, 0.25) is 0 Å². The average Bonchev–Trinajstić information content (AvgIpc) is 2.27. The van der Waals surface area contributed by atoms with Gasteiger partial charge in [0, 0.05) is 4.48 Å². The minimum atomic E-state index is -0.580. The summed E-state index contributed by atoms with van der Waals surface area (Å²) in [7, 11) is 0. The molecule has 0 aliphatic heterocycles. The van der Waals surface area contributed by atoms with Gasteiger partial charge in [-0.2, -0.15) is 5.10 Å². The molecule has 0 unspecified atom stereocenters. The van der Waals surface area contributed by atoms with Crippen molar-refractivity contribution < 1.29 is 9.53 Å². The lowest BCUT2D eigenvalue weighted by atomic mass is 10.2. The van der Waals surface area contributed by atoms with E-state index in [0.29, 0.717) is 0 Å². The van der Waals surface area contributed by atoms with Gasteiger partial charge in [-0.3, -0.25) is 0 Å². The van der Waals surface area contributed by atoms with Gasteiger partial charge < -0.3 is 4.74 Å². The number of carbonyl (C=O) groups excluding carboxylic acids is 1. The third-order valence-electron chi connectivity index (χ3n) is 1.85. The van der Waals surface area contributed by atoms with Crippen molar-refractivity contribution in [3.05, 3.63) is 40.4 Å². The van der Waals surface area contributed by atoms with Gasteiger partial charge in [0.05, 0.1) is 6.21 Å². The van der Waals surface area contributed by atoms with E-state index in [-0.39, 0.29) is 0 Å². The molecule has 0 aromatic heterocycles. The Morgan fingerprint density at radius 3 is 2.53 bits per heavy atom. The monoisotopic (exact) mass is 324 g/mol. The molecule has 0 aliphatic rings. The summed E-state index contributed by atoms with van der Waals surface area (Å²) in [5.41, 5.74) is 2.80. The maximum absolute atomic E-state index is 11.3. The summed E-state index contributed by atoms with van der Waals surface area (Å²) < 4.78 is 5.78. The molecule has 0 heterocycles. The van der Waals surface area contributed by atoms with Crippen LogP contribution in [0.1, 0.15) is 26.3 Å². The largest absolute Gasteiger partial charge is 0.443 e. The highest BCUT2D eigenvalue weighted by Gasteiger charge is 2.15. The Hall–Kier alpha value is -1.62. The molecule has 1 aromatic carbocycles. The minimum Gasteiger partial charge on any atom is -0.443 e. The molecule has 0 bridgehead atoms. The van der Waals surface area contributed by atoms with Crippen LogP contribution in [0.3, 0.4) is 0 Å². The third-order valence-corrected chi connectivity index (χ3v) is 2.28. The van der Waals surface area contributed by atoms with Crippen LogP contribution in [-0.4, -0.2) is 17.9 Å². The Balaban J connectivity index is 2.49. The van der Waals surface area contributed by atoms with Gasteiger partial charge in [0.25, 0.3) is 0 Å². The molecular weight excluding hydrogens is 308 g/mol. The number of nitrogens with zero attached hydrogens (tertiary/aromatic N) is 1. The van der Waals surface area contributed by atoms with E-state index in [9.17, 15) is 4.79 Å². The average molecular weight is 325 g/mol. The molecule has 0 atom stereocenters. The zero-order valence-corrected chi connectivity index (χ0v) is 12.8. The second kappa shape index (κ2) is 7.09. The van der Waals surface area contributed by atoms with Crippen molar-refractivity contribution in [1.29, 1.82) is 0 Å². The number of hydrazone groups is 1. The summed E-state index contributed by atoms with van der Waals surface area (Å²) in [6.45, 7) is 5.38. The highest BCUT2D eigenvalue weighted by atomic mass is 79.9. The molecule has 5 heteroatoms. The SMILES string of the molecule is CC(C)(C)OC(=O)N/N=C/C(Br)=C/c1ccccc1. The number of halogens is 1.